The first-order valence-electron chi connectivity index (χ1n) is 23.8. The molecular weight excluding hydrogens is 1030 g/mol. The standard InChI is InChI=1S/C65H47N4.Ir/c66-44-54-34-35-58(59-13-9-12-56(54)59)49-29-31-50(32-30-49)62-43-53(65-16-5-8-39-69-65)33-36-61(62)60-11-2-1-10-57(60)55-41-47(19-17-45-21-25-51(26-22-45)63-14-3-6-37-67-63)40-48(42-55)20-18-46-23-27-52(28-24-46)64-15-4-7-38-68-64;/h1-8,10-11,14-16,21-25,27,29-32,34-43H,9,12-13,17-20H2;/q-3;+3. The zero-order valence-corrected chi connectivity index (χ0v) is 41.0. The van der Waals surface area contributed by atoms with Gasteiger partial charge < -0.3 is 15.0 Å². The van der Waals surface area contributed by atoms with Crippen LogP contribution < -0.4 is 0 Å². The third-order valence-electron chi connectivity index (χ3n) is 13.4. The van der Waals surface area contributed by atoms with E-state index in [9.17, 15) is 5.26 Å². The van der Waals surface area contributed by atoms with Crippen LogP contribution in [0, 0.1) is 29.5 Å². The Morgan fingerprint density at radius 1 is 0.400 bits per heavy atom. The van der Waals surface area contributed by atoms with Crippen LogP contribution in [0.15, 0.2) is 201 Å². The summed E-state index contributed by atoms with van der Waals surface area (Å²) in [6, 6.07) is 77.4. The maximum absolute atomic E-state index is 9.82. The van der Waals surface area contributed by atoms with Gasteiger partial charge in [-0.1, -0.05) is 139 Å². The number of pyridine rings is 3. The van der Waals surface area contributed by atoms with Crippen molar-refractivity contribution >= 4 is 0 Å². The molecule has 4 nitrogen and oxygen atoms in total. The number of rotatable bonds is 13. The summed E-state index contributed by atoms with van der Waals surface area (Å²) in [5.41, 5.74) is 23.4. The molecular formula is C65H47IrN4. The van der Waals surface area contributed by atoms with Gasteiger partial charge in [0.1, 0.15) is 0 Å². The van der Waals surface area contributed by atoms with Crippen LogP contribution in [-0.2, 0) is 58.6 Å². The first-order valence-corrected chi connectivity index (χ1v) is 23.8. The first kappa shape index (κ1) is 45.9. The predicted molar refractivity (Wildman–Crippen MR) is 279 cm³/mol. The molecule has 3 heterocycles. The van der Waals surface area contributed by atoms with Gasteiger partial charge in [0.2, 0.25) is 0 Å². The number of nitriles is 1. The Kier molecular flexibility index (Phi) is 13.9. The molecule has 0 spiro atoms. The van der Waals surface area contributed by atoms with E-state index in [0.29, 0.717) is 0 Å². The molecule has 70 heavy (non-hydrogen) atoms. The minimum Gasteiger partial charge on any atom is -0.305 e. The second-order valence-corrected chi connectivity index (χ2v) is 17.8. The molecule has 3 aromatic heterocycles. The third kappa shape index (κ3) is 9.98. The van der Waals surface area contributed by atoms with Gasteiger partial charge in [-0.25, -0.2) is 0 Å². The average molecular weight is 1080 g/mol. The molecule has 0 saturated carbocycles. The van der Waals surface area contributed by atoms with Crippen LogP contribution in [0.4, 0.5) is 0 Å². The molecule has 0 aliphatic heterocycles. The molecule has 0 amide bonds. The molecule has 7 aromatic carbocycles. The van der Waals surface area contributed by atoms with Crippen LogP contribution >= 0.6 is 0 Å². The Balaban J connectivity index is 0.00000567. The Labute approximate surface area is 424 Å². The molecule has 0 saturated heterocycles. The van der Waals surface area contributed by atoms with E-state index in [2.05, 4.69) is 156 Å². The molecule has 0 bridgehead atoms. The van der Waals surface area contributed by atoms with E-state index in [-0.39, 0.29) is 20.1 Å². The summed E-state index contributed by atoms with van der Waals surface area (Å²) in [5, 5.41) is 9.82. The van der Waals surface area contributed by atoms with Gasteiger partial charge in [-0.05, 0) is 124 Å². The fourth-order valence-electron chi connectivity index (χ4n) is 9.88. The SMILES string of the molecule is N#Cc1ccc(-c2ccc(-c3cc(-c4ccccn4)[c-]cc3-c3ccccc3-c3cc(CCc4c[c-]c(-c5ccccn5)cc4)cc(CCc4c[c-]c(-c5ccccn5)cc4)c3)cc2)c2c1CCC2.[Ir+3]. The van der Waals surface area contributed by atoms with E-state index >= 15 is 0 Å². The van der Waals surface area contributed by atoms with Crippen molar-refractivity contribution < 1.29 is 20.1 Å². The largest absolute Gasteiger partial charge is 3.00 e. The van der Waals surface area contributed by atoms with Crippen molar-refractivity contribution in [1.29, 1.82) is 5.26 Å². The van der Waals surface area contributed by atoms with Crippen LogP contribution in [0.25, 0.3) is 78.3 Å². The number of hydrogen-bond donors (Lipinski definition) is 0. The Morgan fingerprint density at radius 3 is 1.46 bits per heavy atom. The van der Waals surface area contributed by atoms with E-state index in [4.69, 9.17) is 4.98 Å². The van der Waals surface area contributed by atoms with Crippen molar-refractivity contribution in [1.82, 2.24) is 15.0 Å². The van der Waals surface area contributed by atoms with Crippen molar-refractivity contribution in [2.75, 3.05) is 0 Å². The van der Waals surface area contributed by atoms with E-state index in [1.54, 1.807) is 0 Å². The fourth-order valence-corrected chi connectivity index (χ4v) is 9.88. The summed E-state index contributed by atoms with van der Waals surface area (Å²) in [5.74, 6) is 0. The minimum absolute atomic E-state index is 0. The summed E-state index contributed by atoms with van der Waals surface area (Å²) < 4.78 is 0. The smallest absolute Gasteiger partial charge is 0.305 e. The molecule has 0 unspecified atom stereocenters. The van der Waals surface area contributed by atoms with Crippen molar-refractivity contribution in [2.24, 2.45) is 0 Å². The van der Waals surface area contributed by atoms with Gasteiger partial charge in [0.25, 0.3) is 0 Å². The summed E-state index contributed by atoms with van der Waals surface area (Å²) in [4.78, 5) is 13.8. The summed E-state index contributed by atoms with van der Waals surface area (Å²) in [6.45, 7) is 0. The van der Waals surface area contributed by atoms with E-state index in [0.717, 1.165) is 107 Å². The Morgan fingerprint density at radius 2 is 0.914 bits per heavy atom. The van der Waals surface area contributed by atoms with Crippen LogP contribution in [0.5, 0.6) is 0 Å². The monoisotopic (exact) mass is 1080 g/mol. The molecule has 0 atom stereocenters. The van der Waals surface area contributed by atoms with Crippen molar-refractivity contribution in [3.63, 3.8) is 0 Å². The van der Waals surface area contributed by atoms with Crippen molar-refractivity contribution in [3.8, 4) is 84.3 Å². The van der Waals surface area contributed by atoms with E-state index in [1.807, 2.05) is 79.3 Å². The van der Waals surface area contributed by atoms with Gasteiger partial charge in [-0.15, -0.1) is 94.5 Å². The second kappa shape index (κ2) is 21.2. The Bertz CT molecular complexity index is 3330. The van der Waals surface area contributed by atoms with E-state index < -0.39 is 0 Å². The van der Waals surface area contributed by atoms with Crippen LogP contribution in [0.2, 0.25) is 0 Å². The maximum atomic E-state index is 9.82. The molecule has 1 aliphatic rings. The zero-order chi connectivity index (χ0) is 46.4. The molecule has 0 N–H and O–H groups in total. The van der Waals surface area contributed by atoms with E-state index in [1.165, 1.54) is 55.6 Å². The topological polar surface area (TPSA) is 62.5 Å². The van der Waals surface area contributed by atoms with Crippen molar-refractivity contribution in [3.05, 3.63) is 258 Å². The number of fused-ring (bicyclic) bond motifs is 1. The number of aryl methyl sites for hydroxylation is 4. The van der Waals surface area contributed by atoms with Gasteiger partial charge in [-0.2, -0.15) is 5.26 Å². The molecule has 336 valence electrons. The first-order chi connectivity index (χ1) is 34.1. The van der Waals surface area contributed by atoms with Crippen molar-refractivity contribution in [2.45, 2.75) is 44.9 Å². The maximum Gasteiger partial charge on any atom is 3.00 e. The molecule has 5 heteroatoms. The molecule has 10 aromatic rings. The zero-order valence-electron chi connectivity index (χ0n) is 38.6. The van der Waals surface area contributed by atoms with Crippen LogP contribution in [0.3, 0.4) is 0 Å². The molecule has 1 aliphatic carbocycles. The third-order valence-corrected chi connectivity index (χ3v) is 13.4. The molecule has 0 radical (unpaired) electrons. The molecule has 11 rings (SSSR count). The van der Waals surface area contributed by atoms with Gasteiger partial charge in [0, 0.05) is 18.6 Å². The second-order valence-electron chi connectivity index (χ2n) is 17.8. The minimum atomic E-state index is 0. The number of hydrogen-bond acceptors (Lipinski definition) is 4. The van der Waals surface area contributed by atoms with Gasteiger partial charge >= 0.3 is 20.1 Å². The normalized spacial score (nSPS) is 11.6. The van der Waals surface area contributed by atoms with Crippen LogP contribution in [0.1, 0.15) is 45.4 Å². The van der Waals surface area contributed by atoms with Gasteiger partial charge in [0.15, 0.2) is 0 Å². The molecule has 0 fully saturated rings. The van der Waals surface area contributed by atoms with Gasteiger partial charge in [-0.3, -0.25) is 0 Å². The Hall–Kier alpha value is -7.87. The number of aromatic nitrogens is 3. The number of benzene rings is 7. The fraction of sp³-hybridized carbons (Fsp3) is 0.108. The van der Waals surface area contributed by atoms with Gasteiger partial charge in [0.05, 0.1) is 11.6 Å². The van der Waals surface area contributed by atoms with Crippen LogP contribution in [-0.4, -0.2) is 15.0 Å². The summed E-state index contributed by atoms with van der Waals surface area (Å²) in [7, 11) is 0. The predicted octanol–water partition coefficient (Wildman–Crippen LogP) is 14.9. The summed E-state index contributed by atoms with van der Waals surface area (Å²) >= 11 is 0. The summed E-state index contributed by atoms with van der Waals surface area (Å²) in [6.07, 6.45) is 12.1. The number of nitrogens with zero attached hydrogens (tertiary/aromatic N) is 4. The quantitative estimate of drug-likeness (QED) is 0.108. The average Bonchev–Trinajstić information content (AvgIpc) is 3.93.